The Kier molecular flexibility index (Phi) is 3.95. The Bertz CT molecular complexity index is 447. The van der Waals surface area contributed by atoms with E-state index in [2.05, 4.69) is 24.3 Å². The molecule has 0 fully saturated rings. The Hall–Kier alpha value is -1.59. The molecular weight excluding hydrogens is 227 g/mol. The number of benzene rings is 2. The van der Waals surface area contributed by atoms with Gasteiger partial charge >= 0.3 is 0 Å². The molecule has 0 saturated carbocycles. The van der Waals surface area contributed by atoms with Crippen molar-refractivity contribution in [1.82, 2.24) is 0 Å². The normalized spacial score (nSPS) is 11.8. The summed E-state index contributed by atoms with van der Waals surface area (Å²) >= 11 is 0. The number of aliphatic hydroxyl groups excluding tert-OH is 1. The molecule has 0 unspecified atom stereocenters. The van der Waals surface area contributed by atoms with Crippen LogP contribution in [0.15, 0.2) is 72.2 Å². The van der Waals surface area contributed by atoms with Crippen LogP contribution in [0.1, 0.15) is 6.92 Å². The van der Waals surface area contributed by atoms with Crippen LogP contribution in [-0.4, -0.2) is 5.11 Å². The topological polar surface area (TPSA) is 20.2 Å². The Morgan fingerprint density at radius 1 is 0.882 bits per heavy atom. The SMILES string of the molecule is C/C(O)=C/P(c1ccccc1)c1ccccc1. The van der Waals surface area contributed by atoms with Crippen LogP contribution < -0.4 is 10.6 Å². The highest BCUT2D eigenvalue weighted by molar-refractivity contribution is 7.75. The lowest BCUT2D eigenvalue weighted by molar-refractivity contribution is 0.416. The molecule has 0 spiro atoms. The molecule has 0 amide bonds. The van der Waals surface area contributed by atoms with Gasteiger partial charge in [0.1, 0.15) is 0 Å². The molecule has 1 N–H and O–H groups in total. The second-order valence-electron chi connectivity index (χ2n) is 3.81. The van der Waals surface area contributed by atoms with Crippen molar-refractivity contribution in [1.29, 1.82) is 0 Å². The molecule has 2 heteroatoms. The van der Waals surface area contributed by atoms with E-state index in [1.165, 1.54) is 10.6 Å². The Morgan fingerprint density at radius 3 is 1.65 bits per heavy atom. The quantitative estimate of drug-likeness (QED) is 0.644. The summed E-state index contributed by atoms with van der Waals surface area (Å²) in [6.45, 7) is 1.72. The third kappa shape index (κ3) is 3.18. The highest BCUT2D eigenvalue weighted by atomic mass is 31.1. The molecule has 0 radical (unpaired) electrons. The third-order valence-electron chi connectivity index (χ3n) is 2.38. The molecule has 17 heavy (non-hydrogen) atoms. The zero-order valence-corrected chi connectivity index (χ0v) is 10.6. The minimum Gasteiger partial charge on any atom is -0.513 e. The van der Waals surface area contributed by atoms with Crippen LogP contribution in [0.25, 0.3) is 0 Å². The van der Waals surface area contributed by atoms with Gasteiger partial charge < -0.3 is 5.11 Å². The summed E-state index contributed by atoms with van der Waals surface area (Å²) in [6, 6.07) is 20.6. The van der Waals surface area contributed by atoms with E-state index in [4.69, 9.17) is 0 Å². The maximum absolute atomic E-state index is 9.52. The van der Waals surface area contributed by atoms with E-state index in [0.29, 0.717) is 5.76 Å². The van der Waals surface area contributed by atoms with Crippen molar-refractivity contribution >= 4 is 18.5 Å². The fourth-order valence-electron chi connectivity index (χ4n) is 1.66. The molecule has 1 nitrogen and oxygen atoms in total. The van der Waals surface area contributed by atoms with Crippen LogP contribution in [0.3, 0.4) is 0 Å². The summed E-state index contributed by atoms with van der Waals surface area (Å²) in [5.41, 5.74) is 0. The molecular formula is C15H15OP. The van der Waals surface area contributed by atoms with Crippen molar-refractivity contribution in [2.24, 2.45) is 0 Å². The highest BCUT2D eigenvalue weighted by Gasteiger charge is 2.10. The predicted molar refractivity (Wildman–Crippen MR) is 75.5 cm³/mol. The third-order valence-corrected chi connectivity index (χ3v) is 4.73. The molecule has 2 aromatic carbocycles. The lowest BCUT2D eigenvalue weighted by Crippen LogP contribution is -2.09. The fourth-order valence-corrected chi connectivity index (χ4v) is 3.62. The van der Waals surface area contributed by atoms with Crippen molar-refractivity contribution < 1.29 is 5.11 Å². The molecule has 0 atom stereocenters. The maximum atomic E-state index is 9.52. The van der Waals surface area contributed by atoms with Gasteiger partial charge in [0, 0.05) is 0 Å². The highest BCUT2D eigenvalue weighted by Crippen LogP contribution is 2.35. The van der Waals surface area contributed by atoms with Gasteiger partial charge in [0.15, 0.2) is 0 Å². The van der Waals surface area contributed by atoms with Gasteiger partial charge in [0.2, 0.25) is 0 Å². The van der Waals surface area contributed by atoms with E-state index in [9.17, 15) is 5.11 Å². The average molecular weight is 242 g/mol. The molecule has 0 bridgehead atoms. The van der Waals surface area contributed by atoms with Crippen LogP contribution in [0.2, 0.25) is 0 Å². The van der Waals surface area contributed by atoms with Crippen molar-refractivity contribution in [3.8, 4) is 0 Å². The number of hydrogen-bond acceptors (Lipinski definition) is 1. The largest absolute Gasteiger partial charge is 0.513 e. The van der Waals surface area contributed by atoms with Crippen LogP contribution >= 0.6 is 7.92 Å². The van der Waals surface area contributed by atoms with E-state index in [0.717, 1.165) is 0 Å². The van der Waals surface area contributed by atoms with E-state index < -0.39 is 7.92 Å². The van der Waals surface area contributed by atoms with E-state index in [1.807, 2.05) is 42.2 Å². The zero-order chi connectivity index (χ0) is 12.1. The molecule has 2 aromatic rings. The van der Waals surface area contributed by atoms with Crippen LogP contribution in [0.4, 0.5) is 0 Å². The molecule has 0 saturated heterocycles. The van der Waals surface area contributed by atoms with Gasteiger partial charge in [0.05, 0.1) is 5.76 Å². The Morgan fingerprint density at radius 2 is 1.29 bits per heavy atom. The number of hydrogen-bond donors (Lipinski definition) is 1. The molecule has 0 aliphatic heterocycles. The number of aliphatic hydroxyl groups is 1. The summed E-state index contributed by atoms with van der Waals surface area (Å²) < 4.78 is 0. The molecule has 0 aromatic heterocycles. The van der Waals surface area contributed by atoms with E-state index in [1.54, 1.807) is 6.92 Å². The van der Waals surface area contributed by atoms with E-state index in [-0.39, 0.29) is 0 Å². The standard InChI is InChI=1S/C15H15OP/c1-13(16)12-17(14-8-4-2-5-9-14)15-10-6-3-7-11-15/h2-12,16H,1H3/b13-12-. The molecule has 2 rings (SSSR count). The Labute approximate surface area is 103 Å². The second-order valence-corrected chi connectivity index (χ2v) is 5.84. The van der Waals surface area contributed by atoms with Gasteiger partial charge in [-0.25, -0.2) is 0 Å². The zero-order valence-electron chi connectivity index (χ0n) is 9.75. The van der Waals surface area contributed by atoms with Crippen molar-refractivity contribution in [3.63, 3.8) is 0 Å². The van der Waals surface area contributed by atoms with Gasteiger partial charge in [-0.3, -0.25) is 0 Å². The predicted octanol–water partition coefficient (Wildman–Crippen LogP) is 3.54. The van der Waals surface area contributed by atoms with Crippen LogP contribution in [0.5, 0.6) is 0 Å². The first-order chi connectivity index (χ1) is 8.27. The lowest BCUT2D eigenvalue weighted by atomic mass is 10.4. The maximum Gasteiger partial charge on any atom is 0.0902 e. The molecule has 0 aliphatic rings. The van der Waals surface area contributed by atoms with Gasteiger partial charge in [-0.1, -0.05) is 60.7 Å². The van der Waals surface area contributed by atoms with Gasteiger partial charge in [-0.15, -0.1) is 0 Å². The van der Waals surface area contributed by atoms with Crippen molar-refractivity contribution in [2.75, 3.05) is 0 Å². The first kappa shape index (κ1) is 11.9. The lowest BCUT2D eigenvalue weighted by Gasteiger charge is -2.14. The van der Waals surface area contributed by atoms with Crippen molar-refractivity contribution in [3.05, 3.63) is 72.2 Å². The fraction of sp³-hybridized carbons (Fsp3) is 0.0667. The van der Waals surface area contributed by atoms with Gasteiger partial charge in [-0.2, -0.15) is 0 Å². The average Bonchev–Trinajstić information content (AvgIpc) is 2.38. The minimum absolute atomic E-state index is 0.379. The molecule has 86 valence electrons. The van der Waals surface area contributed by atoms with Crippen LogP contribution in [-0.2, 0) is 0 Å². The Balaban J connectivity index is 2.43. The van der Waals surface area contributed by atoms with Crippen molar-refractivity contribution in [2.45, 2.75) is 6.92 Å². The van der Waals surface area contributed by atoms with Gasteiger partial charge in [-0.05, 0) is 31.3 Å². The second kappa shape index (κ2) is 5.65. The molecule has 0 heterocycles. The summed E-state index contributed by atoms with van der Waals surface area (Å²) in [4.78, 5) is 0. The summed E-state index contributed by atoms with van der Waals surface area (Å²) in [7, 11) is -0.602. The van der Waals surface area contributed by atoms with Crippen LogP contribution in [0, 0.1) is 0 Å². The number of rotatable bonds is 3. The first-order valence-corrected chi connectivity index (χ1v) is 6.95. The number of allylic oxidation sites excluding steroid dienone is 1. The first-order valence-electron chi connectivity index (χ1n) is 5.54. The minimum atomic E-state index is -0.602. The van der Waals surface area contributed by atoms with E-state index >= 15 is 0 Å². The van der Waals surface area contributed by atoms with Gasteiger partial charge in [0.25, 0.3) is 0 Å². The smallest absolute Gasteiger partial charge is 0.0902 e. The summed E-state index contributed by atoms with van der Waals surface area (Å²) in [5, 5.41) is 12.0. The summed E-state index contributed by atoms with van der Waals surface area (Å²) in [5.74, 6) is 2.32. The monoisotopic (exact) mass is 242 g/mol. The summed E-state index contributed by atoms with van der Waals surface area (Å²) in [6.07, 6.45) is 0. The molecule has 0 aliphatic carbocycles.